The van der Waals surface area contributed by atoms with Crippen LogP contribution in [0.25, 0.3) is 11.2 Å². The van der Waals surface area contributed by atoms with Crippen molar-refractivity contribution in [1.29, 1.82) is 0 Å². The third kappa shape index (κ3) is 3.63. The van der Waals surface area contributed by atoms with Gasteiger partial charge in [0.1, 0.15) is 21.1 Å². The summed E-state index contributed by atoms with van der Waals surface area (Å²) in [6.45, 7) is 2.87. The number of thiophene rings is 1. The Hall–Kier alpha value is -2.30. The van der Waals surface area contributed by atoms with Gasteiger partial charge in [-0.05, 0) is 42.8 Å². The van der Waals surface area contributed by atoms with E-state index < -0.39 is 16.0 Å². The number of methoxy groups -OCH3 is 1. The molecule has 1 fully saturated rings. The highest BCUT2D eigenvalue weighted by molar-refractivity contribution is 7.89. The molecule has 4 rings (SSSR count). The third-order valence-corrected chi connectivity index (χ3v) is 8.37. The van der Waals surface area contributed by atoms with E-state index in [1.807, 2.05) is 12.1 Å². The number of ether oxygens (including phenoxy) is 1. The summed E-state index contributed by atoms with van der Waals surface area (Å²) in [5.74, 6) is 0.372. The number of sulfonamides is 1. The second-order valence-corrected chi connectivity index (χ2v) is 10.1. The summed E-state index contributed by atoms with van der Waals surface area (Å²) in [5, 5.41) is 1.60. The Kier molecular flexibility index (Phi) is 5.90. The molecule has 1 saturated heterocycles. The molecule has 10 heteroatoms. The number of pyridine rings is 1. The van der Waals surface area contributed by atoms with E-state index in [1.54, 1.807) is 11.6 Å². The maximum Gasteiger partial charge on any atom is 0.349 e. The van der Waals surface area contributed by atoms with E-state index in [1.165, 1.54) is 17.5 Å². The highest BCUT2D eigenvalue weighted by atomic mass is 32.2. The topological polar surface area (TPSA) is 94.4 Å². The van der Waals surface area contributed by atoms with Gasteiger partial charge in [0.25, 0.3) is 0 Å². The van der Waals surface area contributed by atoms with Gasteiger partial charge < -0.3 is 9.30 Å². The SMILES string of the molecule is CCCc1nc2cccnc2n1C1CCN(S(=O)(=O)c2ccsc2C(=O)OC)CC1. The Bertz CT molecular complexity index is 1160. The van der Waals surface area contributed by atoms with E-state index in [0.29, 0.717) is 25.9 Å². The van der Waals surface area contributed by atoms with Gasteiger partial charge in [0.15, 0.2) is 5.65 Å². The molecule has 0 saturated carbocycles. The van der Waals surface area contributed by atoms with E-state index in [0.717, 1.165) is 41.2 Å². The average Bonchev–Trinajstić information content (AvgIpc) is 3.39. The first-order valence-corrected chi connectivity index (χ1v) is 12.3. The quantitative estimate of drug-likeness (QED) is 0.537. The number of nitrogens with zero attached hydrogens (tertiary/aromatic N) is 4. The second kappa shape index (κ2) is 8.44. The van der Waals surface area contributed by atoms with Crippen molar-refractivity contribution in [3.8, 4) is 0 Å². The molecular formula is C20H24N4O4S2. The number of fused-ring (bicyclic) bond motifs is 1. The lowest BCUT2D eigenvalue weighted by Crippen LogP contribution is -2.39. The molecule has 8 nitrogen and oxygen atoms in total. The third-order valence-electron chi connectivity index (χ3n) is 5.40. The summed E-state index contributed by atoms with van der Waals surface area (Å²) in [6.07, 6.45) is 4.92. The van der Waals surface area contributed by atoms with Gasteiger partial charge in [0.05, 0.1) is 7.11 Å². The van der Waals surface area contributed by atoms with E-state index in [2.05, 4.69) is 16.5 Å². The van der Waals surface area contributed by atoms with E-state index in [9.17, 15) is 13.2 Å². The van der Waals surface area contributed by atoms with Crippen molar-refractivity contribution in [1.82, 2.24) is 18.8 Å². The Labute approximate surface area is 179 Å². The second-order valence-electron chi connectivity index (χ2n) is 7.23. The fraction of sp³-hybridized carbons (Fsp3) is 0.450. The molecule has 30 heavy (non-hydrogen) atoms. The Balaban J connectivity index is 1.58. The molecule has 0 unspecified atom stereocenters. The minimum atomic E-state index is -3.76. The first kappa shape index (κ1) is 21.0. The Morgan fingerprint density at radius 3 is 2.77 bits per heavy atom. The molecule has 0 atom stereocenters. The molecule has 4 heterocycles. The number of hydrogen-bond acceptors (Lipinski definition) is 7. The molecule has 0 spiro atoms. The number of carbonyl (C=O) groups is 1. The predicted molar refractivity (Wildman–Crippen MR) is 114 cm³/mol. The number of rotatable bonds is 6. The zero-order chi connectivity index (χ0) is 21.3. The van der Waals surface area contributed by atoms with Crippen molar-refractivity contribution >= 4 is 38.5 Å². The van der Waals surface area contributed by atoms with Crippen molar-refractivity contribution in [3.05, 3.63) is 40.5 Å². The van der Waals surface area contributed by atoms with Crippen molar-refractivity contribution in [2.24, 2.45) is 0 Å². The molecule has 160 valence electrons. The molecule has 3 aromatic rings. The van der Waals surface area contributed by atoms with Crippen molar-refractivity contribution in [2.45, 2.75) is 43.5 Å². The molecule has 0 bridgehead atoms. The lowest BCUT2D eigenvalue weighted by molar-refractivity contribution is 0.0602. The molecule has 1 aliphatic rings. The minimum Gasteiger partial charge on any atom is -0.465 e. The maximum atomic E-state index is 13.2. The van der Waals surface area contributed by atoms with Crippen LogP contribution in [0.1, 0.15) is 47.7 Å². The van der Waals surface area contributed by atoms with Gasteiger partial charge in [-0.3, -0.25) is 0 Å². The van der Waals surface area contributed by atoms with Crippen LogP contribution in [-0.4, -0.2) is 53.4 Å². The highest BCUT2D eigenvalue weighted by Crippen LogP contribution is 2.32. The van der Waals surface area contributed by atoms with E-state index in [4.69, 9.17) is 9.72 Å². The van der Waals surface area contributed by atoms with E-state index >= 15 is 0 Å². The summed E-state index contributed by atoms with van der Waals surface area (Å²) in [6, 6.07) is 5.46. The number of aryl methyl sites for hydroxylation is 1. The van der Waals surface area contributed by atoms with Gasteiger partial charge in [-0.25, -0.2) is 23.2 Å². The number of imidazole rings is 1. The largest absolute Gasteiger partial charge is 0.465 e. The standard InChI is InChI=1S/C20H24N4O4S2/c1-3-5-17-22-15-6-4-10-21-19(15)24(17)14-7-11-23(12-8-14)30(26,27)16-9-13-29-18(16)20(25)28-2/h4,6,9-10,13-14H,3,5,7-8,11-12H2,1-2H3. The van der Waals surface area contributed by atoms with Crippen LogP contribution in [0.2, 0.25) is 0 Å². The summed E-state index contributed by atoms with van der Waals surface area (Å²) in [7, 11) is -2.51. The van der Waals surface area contributed by atoms with Crippen molar-refractivity contribution < 1.29 is 17.9 Å². The van der Waals surface area contributed by atoms with Crippen LogP contribution in [0, 0.1) is 0 Å². The molecule has 0 radical (unpaired) electrons. The fourth-order valence-corrected chi connectivity index (χ4v) is 6.76. The lowest BCUT2D eigenvalue weighted by Gasteiger charge is -2.32. The monoisotopic (exact) mass is 448 g/mol. The van der Waals surface area contributed by atoms with Gasteiger partial charge in [-0.2, -0.15) is 4.31 Å². The Morgan fingerprint density at radius 1 is 1.30 bits per heavy atom. The van der Waals surface area contributed by atoms with Gasteiger partial charge in [0, 0.05) is 31.7 Å². The summed E-state index contributed by atoms with van der Waals surface area (Å²) < 4.78 is 34.7. The smallest absolute Gasteiger partial charge is 0.349 e. The molecule has 3 aromatic heterocycles. The van der Waals surface area contributed by atoms with Gasteiger partial charge >= 0.3 is 5.97 Å². The molecular weight excluding hydrogens is 424 g/mol. The van der Waals surface area contributed by atoms with Gasteiger partial charge in [0.2, 0.25) is 10.0 Å². The number of carbonyl (C=O) groups excluding carboxylic acids is 1. The fourth-order valence-electron chi connectivity index (χ4n) is 3.98. The zero-order valence-corrected chi connectivity index (χ0v) is 18.6. The zero-order valence-electron chi connectivity index (χ0n) is 16.9. The number of piperidine rings is 1. The minimum absolute atomic E-state index is 0.0271. The first-order valence-electron chi connectivity index (χ1n) is 9.95. The summed E-state index contributed by atoms with van der Waals surface area (Å²) in [4.78, 5) is 21.4. The summed E-state index contributed by atoms with van der Waals surface area (Å²) in [5.41, 5.74) is 1.73. The molecule has 0 aromatic carbocycles. The normalized spacial score (nSPS) is 16.2. The molecule has 0 amide bonds. The van der Waals surface area contributed by atoms with Crippen molar-refractivity contribution in [3.63, 3.8) is 0 Å². The molecule has 1 aliphatic heterocycles. The number of esters is 1. The lowest BCUT2D eigenvalue weighted by atomic mass is 10.1. The highest BCUT2D eigenvalue weighted by Gasteiger charge is 2.34. The maximum absolute atomic E-state index is 13.2. The predicted octanol–water partition coefficient (Wildman–Crippen LogP) is 3.26. The van der Waals surface area contributed by atoms with Crippen LogP contribution >= 0.6 is 11.3 Å². The average molecular weight is 449 g/mol. The van der Waals surface area contributed by atoms with Gasteiger partial charge in [-0.15, -0.1) is 11.3 Å². The van der Waals surface area contributed by atoms with Crippen molar-refractivity contribution in [2.75, 3.05) is 20.2 Å². The summed E-state index contributed by atoms with van der Waals surface area (Å²) >= 11 is 1.08. The molecule has 0 N–H and O–H groups in total. The number of hydrogen-bond donors (Lipinski definition) is 0. The van der Waals surface area contributed by atoms with Crippen LogP contribution in [0.4, 0.5) is 0 Å². The van der Waals surface area contributed by atoms with Gasteiger partial charge in [-0.1, -0.05) is 6.92 Å². The van der Waals surface area contributed by atoms with Crippen LogP contribution in [0.5, 0.6) is 0 Å². The van der Waals surface area contributed by atoms with Crippen LogP contribution in [0.15, 0.2) is 34.7 Å². The number of aromatic nitrogens is 3. The van der Waals surface area contributed by atoms with Crippen LogP contribution < -0.4 is 0 Å². The van der Waals surface area contributed by atoms with Crippen LogP contribution in [-0.2, 0) is 21.2 Å². The van der Waals surface area contributed by atoms with Crippen LogP contribution in [0.3, 0.4) is 0 Å². The first-order chi connectivity index (χ1) is 14.5. The Morgan fingerprint density at radius 2 is 2.07 bits per heavy atom. The molecule has 0 aliphatic carbocycles. The van der Waals surface area contributed by atoms with E-state index in [-0.39, 0.29) is 15.8 Å².